The molecule has 0 aromatic heterocycles. The van der Waals surface area contributed by atoms with Gasteiger partial charge in [-0.3, -0.25) is 0 Å². The highest BCUT2D eigenvalue weighted by Gasteiger charge is 2.24. The van der Waals surface area contributed by atoms with Crippen molar-refractivity contribution in [1.82, 2.24) is 4.90 Å². The molecule has 0 atom stereocenters. The molecule has 20 heavy (non-hydrogen) atoms. The van der Waals surface area contributed by atoms with Gasteiger partial charge < -0.3 is 9.64 Å². The molecule has 0 N–H and O–H groups in total. The summed E-state index contributed by atoms with van der Waals surface area (Å²) in [5.41, 5.74) is 1.68. The van der Waals surface area contributed by atoms with Gasteiger partial charge >= 0.3 is 5.97 Å². The number of carbonyl (C=O) groups is 1. The maximum absolute atomic E-state index is 12.0. The quantitative estimate of drug-likeness (QED) is 0.479. The van der Waals surface area contributed by atoms with E-state index in [4.69, 9.17) is 4.74 Å². The average Bonchev–Trinajstić information content (AvgIpc) is 2.99. The molecule has 0 saturated carbocycles. The van der Waals surface area contributed by atoms with Crippen molar-refractivity contribution >= 4 is 11.7 Å². The van der Waals surface area contributed by atoms with Crippen LogP contribution < -0.4 is 0 Å². The topological polar surface area (TPSA) is 53.3 Å². The molecule has 1 aromatic carbocycles. The van der Waals surface area contributed by atoms with Gasteiger partial charge in [-0.2, -0.15) is 5.26 Å². The summed E-state index contributed by atoms with van der Waals surface area (Å²) in [5, 5.41) is 9.38. The van der Waals surface area contributed by atoms with E-state index in [-0.39, 0.29) is 12.2 Å². The van der Waals surface area contributed by atoms with Gasteiger partial charge in [-0.05, 0) is 25.3 Å². The van der Waals surface area contributed by atoms with Gasteiger partial charge in [0.1, 0.15) is 6.07 Å². The second-order valence-electron chi connectivity index (χ2n) is 4.62. The molecule has 4 heteroatoms. The minimum Gasteiger partial charge on any atom is -0.462 e. The Morgan fingerprint density at radius 3 is 2.50 bits per heavy atom. The second kappa shape index (κ2) is 6.76. The van der Waals surface area contributed by atoms with Crippen molar-refractivity contribution in [2.45, 2.75) is 19.8 Å². The molecule has 0 spiro atoms. The molecule has 1 aliphatic rings. The minimum absolute atomic E-state index is 0.0972. The van der Waals surface area contributed by atoms with Crippen LogP contribution in [0, 0.1) is 11.3 Å². The number of esters is 1. The first kappa shape index (κ1) is 14.1. The summed E-state index contributed by atoms with van der Waals surface area (Å²) in [4.78, 5) is 14.1. The molecule has 2 rings (SSSR count). The summed E-state index contributed by atoms with van der Waals surface area (Å²) in [5.74, 6) is -0.541. The molecule has 0 unspecified atom stereocenters. The molecule has 1 aromatic rings. The Balaban J connectivity index is 2.49. The van der Waals surface area contributed by atoms with Crippen LogP contribution in [0.1, 0.15) is 25.3 Å². The number of ether oxygens (including phenoxy) is 1. The molecule has 0 aliphatic carbocycles. The van der Waals surface area contributed by atoms with Crippen LogP contribution in [0.25, 0.3) is 5.70 Å². The monoisotopic (exact) mass is 270 g/mol. The predicted molar refractivity (Wildman–Crippen MR) is 76.4 cm³/mol. The molecule has 1 fully saturated rings. The van der Waals surface area contributed by atoms with Crippen LogP contribution in [0.3, 0.4) is 0 Å². The molecular formula is C16H18N2O2. The highest BCUT2D eigenvalue weighted by atomic mass is 16.5. The first-order valence-corrected chi connectivity index (χ1v) is 6.89. The lowest BCUT2D eigenvalue weighted by Crippen LogP contribution is -2.22. The van der Waals surface area contributed by atoms with Gasteiger partial charge in [-0.15, -0.1) is 0 Å². The van der Waals surface area contributed by atoms with Gasteiger partial charge in [-0.1, -0.05) is 30.3 Å². The Labute approximate surface area is 119 Å². The number of likely N-dealkylation sites (tertiary alicyclic amines) is 1. The number of hydrogen-bond donors (Lipinski definition) is 0. The number of benzene rings is 1. The molecule has 1 aliphatic heterocycles. The Hall–Kier alpha value is -2.28. The smallest absolute Gasteiger partial charge is 0.351 e. The molecule has 4 nitrogen and oxygen atoms in total. The maximum Gasteiger partial charge on any atom is 0.351 e. The van der Waals surface area contributed by atoms with Crippen LogP contribution in [-0.4, -0.2) is 30.6 Å². The fraction of sp³-hybridized carbons (Fsp3) is 0.375. The molecule has 1 saturated heterocycles. The second-order valence-corrected chi connectivity index (χ2v) is 4.62. The normalized spacial score (nSPS) is 15.5. The van der Waals surface area contributed by atoms with E-state index in [0.29, 0.717) is 5.70 Å². The molecule has 104 valence electrons. The van der Waals surface area contributed by atoms with E-state index in [1.165, 1.54) is 0 Å². The average molecular weight is 270 g/mol. The third-order valence-electron chi connectivity index (χ3n) is 3.30. The number of nitrogens with zero attached hydrogens (tertiary/aromatic N) is 2. The van der Waals surface area contributed by atoms with Crippen molar-refractivity contribution in [1.29, 1.82) is 5.26 Å². The van der Waals surface area contributed by atoms with Gasteiger partial charge in [0.2, 0.25) is 0 Å². The SMILES string of the molecule is CCOC(=O)/C(C#N)=C(/c1ccccc1)N1CCCC1. The zero-order valence-corrected chi connectivity index (χ0v) is 11.6. The van der Waals surface area contributed by atoms with Crippen LogP contribution in [0.2, 0.25) is 0 Å². The number of carbonyl (C=O) groups excluding carboxylic acids is 1. The number of rotatable bonds is 4. The highest BCUT2D eigenvalue weighted by Crippen LogP contribution is 2.27. The van der Waals surface area contributed by atoms with Crippen LogP contribution in [-0.2, 0) is 9.53 Å². The van der Waals surface area contributed by atoms with Gasteiger partial charge in [0.05, 0.1) is 12.3 Å². The Morgan fingerprint density at radius 1 is 1.30 bits per heavy atom. The lowest BCUT2D eigenvalue weighted by atomic mass is 10.1. The van der Waals surface area contributed by atoms with E-state index < -0.39 is 5.97 Å². The summed E-state index contributed by atoms with van der Waals surface area (Å²) in [6, 6.07) is 11.6. The maximum atomic E-state index is 12.0. The minimum atomic E-state index is -0.541. The fourth-order valence-electron chi connectivity index (χ4n) is 2.42. The van der Waals surface area contributed by atoms with Crippen molar-refractivity contribution in [3.05, 3.63) is 41.5 Å². The molecule has 0 amide bonds. The Bertz CT molecular complexity index is 537. The first-order chi connectivity index (χ1) is 9.77. The molecular weight excluding hydrogens is 252 g/mol. The van der Waals surface area contributed by atoms with Crippen molar-refractivity contribution in [2.24, 2.45) is 0 Å². The van der Waals surface area contributed by atoms with E-state index in [9.17, 15) is 10.1 Å². The molecule has 0 radical (unpaired) electrons. The third-order valence-corrected chi connectivity index (χ3v) is 3.30. The lowest BCUT2D eigenvalue weighted by Gasteiger charge is -2.23. The van der Waals surface area contributed by atoms with E-state index in [0.717, 1.165) is 31.5 Å². The fourth-order valence-corrected chi connectivity index (χ4v) is 2.42. The summed E-state index contributed by atoms with van der Waals surface area (Å²) >= 11 is 0. The lowest BCUT2D eigenvalue weighted by molar-refractivity contribution is -0.138. The molecule has 0 bridgehead atoms. The zero-order valence-electron chi connectivity index (χ0n) is 11.6. The van der Waals surface area contributed by atoms with E-state index in [1.807, 2.05) is 36.4 Å². The molecule has 1 heterocycles. The predicted octanol–water partition coefficient (Wildman–Crippen LogP) is 2.58. The van der Waals surface area contributed by atoms with Crippen LogP contribution >= 0.6 is 0 Å². The summed E-state index contributed by atoms with van der Waals surface area (Å²) < 4.78 is 5.01. The van der Waals surface area contributed by atoms with Crippen molar-refractivity contribution in [3.63, 3.8) is 0 Å². The van der Waals surface area contributed by atoms with Gasteiger partial charge in [0, 0.05) is 13.1 Å². The summed E-state index contributed by atoms with van der Waals surface area (Å²) in [7, 11) is 0. The summed E-state index contributed by atoms with van der Waals surface area (Å²) in [6.45, 7) is 3.75. The zero-order chi connectivity index (χ0) is 14.4. The Morgan fingerprint density at radius 2 is 1.95 bits per heavy atom. The van der Waals surface area contributed by atoms with E-state index >= 15 is 0 Å². The van der Waals surface area contributed by atoms with Crippen LogP contribution in [0.4, 0.5) is 0 Å². The largest absolute Gasteiger partial charge is 0.462 e. The Kier molecular flexibility index (Phi) is 4.78. The van der Waals surface area contributed by atoms with Gasteiger partial charge in [-0.25, -0.2) is 4.79 Å². The van der Waals surface area contributed by atoms with Crippen LogP contribution in [0.5, 0.6) is 0 Å². The van der Waals surface area contributed by atoms with Gasteiger partial charge in [0.15, 0.2) is 5.57 Å². The third kappa shape index (κ3) is 3.00. The number of nitriles is 1. The standard InChI is InChI=1S/C16H18N2O2/c1-2-20-16(19)14(12-17)15(18-10-6-7-11-18)13-8-4-3-5-9-13/h3-5,8-9H,2,6-7,10-11H2,1H3/b15-14-. The van der Waals surface area contributed by atoms with Crippen molar-refractivity contribution in [2.75, 3.05) is 19.7 Å². The van der Waals surface area contributed by atoms with E-state index in [1.54, 1.807) is 6.92 Å². The number of hydrogen-bond acceptors (Lipinski definition) is 4. The van der Waals surface area contributed by atoms with Crippen molar-refractivity contribution < 1.29 is 9.53 Å². The summed E-state index contributed by atoms with van der Waals surface area (Å²) in [6.07, 6.45) is 2.16. The van der Waals surface area contributed by atoms with E-state index in [2.05, 4.69) is 4.90 Å². The highest BCUT2D eigenvalue weighted by molar-refractivity contribution is 6.01. The van der Waals surface area contributed by atoms with Crippen LogP contribution in [0.15, 0.2) is 35.9 Å². The van der Waals surface area contributed by atoms with Gasteiger partial charge in [0.25, 0.3) is 0 Å². The van der Waals surface area contributed by atoms with Crippen molar-refractivity contribution in [3.8, 4) is 6.07 Å². The first-order valence-electron chi connectivity index (χ1n) is 6.89.